The standard InChI is InChI=1S/C27H36N4O4/c32-24-11-10-23(25(33)29-24)31-26(34)21-9-8-20(14-22(21)27(31)35)17-30-13-3-7-19(16-30)5-1-4-18-6-2-12-28-15-18/h8-9,14,18-19,23,28H,1-7,10-13,15-17H2,(H,29,32,33). The zero-order valence-corrected chi connectivity index (χ0v) is 20.4. The number of imide groups is 2. The minimum absolute atomic E-state index is 0.128. The molecule has 4 heterocycles. The van der Waals surface area contributed by atoms with Gasteiger partial charge in [0.2, 0.25) is 11.8 Å². The highest BCUT2D eigenvalue weighted by atomic mass is 16.2. The summed E-state index contributed by atoms with van der Waals surface area (Å²) < 4.78 is 0. The molecule has 5 rings (SSSR count). The number of rotatable bonds is 7. The van der Waals surface area contributed by atoms with Crippen LogP contribution in [0.25, 0.3) is 0 Å². The fourth-order valence-electron chi connectivity index (χ4n) is 6.27. The van der Waals surface area contributed by atoms with E-state index in [-0.39, 0.29) is 18.7 Å². The van der Waals surface area contributed by atoms with Crippen LogP contribution in [0.2, 0.25) is 0 Å². The van der Waals surface area contributed by atoms with Crippen LogP contribution in [-0.4, -0.2) is 65.6 Å². The first kappa shape index (κ1) is 24.1. The van der Waals surface area contributed by atoms with E-state index in [0.29, 0.717) is 11.1 Å². The van der Waals surface area contributed by atoms with Crippen LogP contribution in [0, 0.1) is 11.8 Å². The van der Waals surface area contributed by atoms with Gasteiger partial charge >= 0.3 is 0 Å². The molecular weight excluding hydrogens is 444 g/mol. The molecule has 188 valence electrons. The third kappa shape index (κ3) is 5.33. The Kier molecular flexibility index (Phi) is 7.29. The number of hydrogen-bond donors (Lipinski definition) is 2. The topological polar surface area (TPSA) is 98.8 Å². The van der Waals surface area contributed by atoms with Gasteiger partial charge in [-0.2, -0.15) is 0 Å². The van der Waals surface area contributed by atoms with Gasteiger partial charge in [0.1, 0.15) is 6.04 Å². The number of nitrogens with one attached hydrogen (secondary N) is 2. The first-order valence-corrected chi connectivity index (χ1v) is 13.3. The zero-order chi connectivity index (χ0) is 24.4. The lowest BCUT2D eigenvalue weighted by atomic mass is 9.88. The van der Waals surface area contributed by atoms with E-state index in [1.54, 1.807) is 6.07 Å². The van der Waals surface area contributed by atoms with Gasteiger partial charge in [0.25, 0.3) is 11.8 Å². The van der Waals surface area contributed by atoms with Crippen molar-refractivity contribution in [3.05, 3.63) is 34.9 Å². The van der Waals surface area contributed by atoms with E-state index in [1.807, 2.05) is 12.1 Å². The first-order valence-electron chi connectivity index (χ1n) is 13.3. The van der Waals surface area contributed by atoms with Crippen molar-refractivity contribution < 1.29 is 19.2 Å². The van der Waals surface area contributed by atoms with Gasteiger partial charge in [0, 0.05) is 19.5 Å². The molecule has 3 atom stereocenters. The predicted molar refractivity (Wildman–Crippen MR) is 131 cm³/mol. The summed E-state index contributed by atoms with van der Waals surface area (Å²) in [6, 6.07) is 4.55. The second-order valence-electron chi connectivity index (χ2n) is 10.7. The molecule has 3 fully saturated rings. The van der Waals surface area contributed by atoms with Crippen molar-refractivity contribution in [2.24, 2.45) is 11.8 Å². The smallest absolute Gasteiger partial charge is 0.262 e. The monoisotopic (exact) mass is 480 g/mol. The average Bonchev–Trinajstić information content (AvgIpc) is 3.10. The number of fused-ring (bicyclic) bond motifs is 1. The molecular formula is C27H36N4O4. The number of amides is 4. The van der Waals surface area contributed by atoms with E-state index in [2.05, 4.69) is 15.5 Å². The molecule has 2 N–H and O–H groups in total. The van der Waals surface area contributed by atoms with Gasteiger partial charge in [-0.05, 0) is 94.1 Å². The fraction of sp³-hybridized carbons (Fsp3) is 0.630. The van der Waals surface area contributed by atoms with Gasteiger partial charge in [-0.25, -0.2) is 0 Å². The van der Waals surface area contributed by atoms with Crippen molar-refractivity contribution in [2.45, 2.75) is 70.4 Å². The van der Waals surface area contributed by atoms with Gasteiger partial charge in [-0.15, -0.1) is 0 Å². The van der Waals surface area contributed by atoms with Crippen LogP contribution < -0.4 is 10.6 Å². The van der Waals surface area contributed by atoms with E-state index in [9.17, 15) is 19.2 Å². The van der Waals surface area contributed by atoms with Gasteiger partial charge < -0.3 is 5.32 Å². The van der Waals surface area contributed by atoms with Crippen LogP contribution in [-0.2, 0) is 16.1 Å². The maximum Gasteiger partial charge on any atom is 0.262 e. The van der Waals surface area contributed by atoms with Gasteiger partial charge in [-0.1, -0.05) is 12.5 Å². The lowest BCUT2D eigenvalue weighted by Crippen LogP contribution is -2.54. The summed E-state index contributed by atoms with van der Waals surface area (Å²) in [7, 11) is 0. The van der Waals surface area contributed by atoms with Crippen molar-refractivity contribution in [3.8, 4) is 0 Å². The molecule has 0 aliphatic carbocycles. The summed E-state index contributed by atoms with van der Waals surface area (Å²) in [6.45, 7) is 5.24. The SMILES string of the molecule is O=C1CCC(N2C(=O)c3ccc(CN4CCCC(CCCC5CCCNC5)C4)cc3C2=O)C(=O)N1. The van der Waals surface area contributed by atoms with Gasteiger partial charge in [0.05, 0.1) is 11.1 Å². The van der Waals surface area contributed by atoms with Crippen molar-refractivity contribution in [2.75, 3.05) is 26.2 Å². The molecule has 4 aliphatic rings. The van der Waals surface area contributed by atoms with E-state index >= 15 is 0 Å². The Morgan fingerprint density at radius 2 is 1.71 bits per heavy atom. The number of benzene rings is 1. The van der Waals surface area contributed by atoms with E-state index in [0.717, 1.165) is 41.9 Å². The first-order chi connectivity index (χ1) is 17.0. The lowest BCUT2D eigenvalue weighted by Gasteiger charge is -2.33. The number of carbonyl (C=O) groups excluding carboxylic acids is 4. The predicted octanol–water partition coefficient (Wildman–Crippen LogP) is 2.47. The van der Waals surface area contributed by atoms with E-state index in [1.165, 1.54) is 58.0 Å². The maximum atomic E-state index is 13.1. The molecule has 0 spiro atoms. The highest BCUT2D eigenvalue weighted by molar-refractivity contribution is 6.23. The molecule has 0 aromatic heterocycles. The number of piperidine rings is 3. The third-order valence-corrected chi connectivity index (χ3v) is 8.14. The van der Waals surface area contributed by atoms with Crippen LogP contribution >= 0.6 is 0 Å². The molecule has 35 heavy (non-hydrogen) atoms. The van der Waals surface area contributed by atoms with Crippen molar-refractivity contribution in [1.29, 1.82) is 0 Å². The molecule has 0 bridgehead atoms. The number of carbonyl (C=O) groups is 4. The summed E-state index contributed by atoms with van der Waals surface area (Å²) in [4.78, 5) is 53.3. The van der Waals surface area contributed by atoms with E-state index < -0.39 is 23.8 Å². The van der Waals surface area contributed by atoms with Gasteiger partial charge in [-0.3, -0.25) is 34.3 Å². The number of nitrogens with zero attached hydrogens (tertiary/aromatic N) is 2. The highest BCUT2D eigenvalue weighted by Gasteiger charge is 2.44. The van der Waals surface area contributed by atoms with Crippen molar-refractivity contribution in [1.82, 2.24) is 20.4 Å². The lowest BCUT2D eigenvalue weighted by molar-refractivity contribution is -0.136. The molecule has 4 amide bonds. The Bertz CT molecular complexity index is 1000. The molecule has 0 radical (unpaired) electrons. The Morgan fingerprint density at radius 3 is 2.51 bits per heavy atom. The second kappa shape index (κ2) is 10.6. The molecule has 3 saturated heterocycles. The van der Waals surface area contributed by atoms with Crippen LogP contribution in [0.5, 0.6) is 0 Å². The normalized spacial score (nSPS) is 27.8. The van der Waals surface area contributed by atoms with E-state index in [4.69, 9.17) is 0 Å². The summed E-state index contributed by atoms with van der Waals surface area (Å²) in [6.07, 6.45) is 9.37. The van der Waals surface area contributed by atoms with Crippen molar-refractivity contribution >= 4 is 23.6 Å². The summed E-state index contributed by atoms with van der Waals surface area (Å²) >= 11 is 0. The fourth-order valence-corrected chi connectivity index (χ4v) is 6.27. The minimum atomic E-state index is -0.921. The summed E-state index contributed by atoms with van der Waals surface area (Å²) in [5.74, 6) is -0.255. The molecule has 8 heteroatoms. The van der Waals surface area contributed by atoms with Crippen LogP contribution in [0.3, 0.4) is 0 Å². The van der Waals surface area contributed by atoms with Crippen LogP contribution in [0.1, 0.15) is 84.1 Å². The molecule has 1 aromatic rings. The summed E-state index contributed by atoms with van der Waals surface area (Å²) in [5, 5.41) is 5.76. The molecule has 8 nitrogen and oxygen atoms in total. The number of likely N-dealkylation sites (tertiary alicyclic amines) is 1. The van der Waals surface area contributed by atoms with Crippen LogP contribution in [0.15, 0.2) is 18.2 Å². The maximum absolute atomic E-state index is 13.1. The quantitative estimate of drug-likeness (QED) is 0.582. The second-order valence-corrected chi connectivity index (χ2v) is 10.7. The molecule has 1 aromatic carbocycles. The number of hydrogen-bond acceptors (Lipinski definition) is 6. The largest absolute Gasteiger partial charge is 0.316 e. The highest BCUT2D eigenvalue weighted by Crippen LogP contribution is 2.30. The minimum Gasteiger partial charge on any atom is -0.316 e. The third-order valence-electron chi connectivity index (χ3n) is 8.14. The molecule has 4 aliphatic heterocycles. The average molecular weight is 481 g/mol. The van der Waals surface area contributed by atoms with Gasteiger partial charge in [0.15, 0.2) is 0 Å². The van der Waals surface area contributed by atoms with Crippen LogP contribution in [0.4, 0.5) is 0 Å². The zero-order valence-electron chi connectivity index (χ0n) is 20.4. The summed E-state index contributed by atoms with van der Waals surface area (Å²) in [5.41, 5.74) is 1.73. The Balaban J connectivity index is 1.17. The Labute approximate surface area is 206 Å². The molecule has 0 saturated carbocycles. The molecule has 3 unspecified atom stereocenters. The van der Waals surface area contributed by atoms with Crippen molar-refractivity contribution in [3.63, 3.8) is 0 Å². The Hall–Kier alpha value is -2.58. The Morgan fingerprint density at radius 1 is 0.914 bits per heavy atom.